The smallest absolute Gasteiger partial charge is 0.119 e. The SMILES string of the molecule is CN(CCOc1ccccc1)CCC(N)=S. The minimum absolute atomic E-state index is 0.566. The van der Waals surface area contributed by atoms with Crippen LogP contribution in [-0.2, 0) is 0 Å². The Balaban J connectivity index is 2.13. The third kappa shape index (κ3) is 5.68. The molecule has 0 heterocycles. The summed E-state index contributed by atoms with van der Waals surface area (Å²) in [4.78, 5) is 2.72. The molecule has 1 aromatic carbocycles. The molecule has 0 bridgehead atoms. The van der Waals surface area contributed by atoms with E-state index in [1.165, 1.54) is 0 Å². The summed E-state index contributed by atoms with van der Waals surface area (Å²) in [6.45, 7) is 2.43. The summed E-state index contributed by atoms with van der Waals surface area (Å²) < 4.78 is 5.58. The van der Waals surface area contributed by atoms with Crippen LogP contribution in [0.1, 0.15) is 6.42 Å². The molecule has 0 spiro atoms. The number of hydrogen-bond acceptors (Lipinski definition) is 3. The quantitative estimate of drug-likeness (QED) is 0.733. The molecular weight excluding hydrogens is 220 g/mol. The molecule has 0 atom stereocenters. The maximum Gasteiger partial charge on any atom is 0.119 e. The van der Waals surface area contributed by atoms with Gasteiger partial charge in [0.1, 0.15) is 12.4 Å². The number of nitrogens with two attached hydrogens (primary N) is 1. The van der Waals surface area contributed by atoms with E-state index in [0.29, 0.717) is 11.6 Å². The zero-order chi connectivity index (χ0) is 11.8. The van der Waals surface area contributed by atoms with Gasteiger partial charge in [0.05, 0.1) is 4.99 Å². The number of thiocarbonyl (C=S) groups is 1. The van der Waals surface area contributed by atoms with Crippen LogP contribution >= 0.6 is 12.2 Å². The van der Waals surface area contributed by atoms with Gasteiger partial charge >= 0.3 is 0 Å². The second kappa shape index (κ2) is 7.19. The van der Waals surface area contributed by atoms with E-state index in [-0.39, 0.29) is 0 Å². The summed E-state index contributed by atoms with van der Waals surface area (Å²) in [5, 5.41) is 0. The van der Waals surface area contributed by atoms with E-state index in [2.05, 4.69) is 4.90 Å². The van der Waals surface area contributed by atoms with Crippen LogP contribution in [0.25, 0.3) is 0 Å². The standard InChI is InChI=1S/C12H18N2OS/c1-14(8-7-12(13)16)9-10-15-11-5-3-2-4-6-11/h2-6H,7-10H2,1H3,(H2,13,16). The first-order valence-electron chi connectivity index (χ1n) is 5.33. The number of ether oxygens (including phenoxy) is 1. The van der Waals surface area contributed by atoms with Gasteiger partial charge in [-0.2, -0.15) is 0 Å². The van der Waals surface area contributed by atoms with E-state index in [1.54, 1.807) is 0 Å². The van der Waals surface area contributed by atoms with Gasteiger partial charge in [0, 0.05) is 19.5 Å². The third-order valence-corrected chi connectivity index (χ3v) is 2.43. The van der Waals surface area contributed by atoms with Gasteiger partial charge in [-0.3, -0.25) is 0 Å². The van der Waals surface area contributed by atoms with Crippen molar-refractivity contribution in [2.24, 2.45) is 5.73 Å². The van der Waals surface area contributed by atoms with Crippen molar-refractivity contribution in [3.63, 3.8) is 0 Å². The van der Waals surface area contributed by atoms with Crippen molar-refractivity contribution in [2.45, 2.75) is 6.42 Å². The normalized spacial score (nSPS) is 10.4. The van der Waals surface area contributed by atoms with Crippen LogP contribution in [0.4, 0.5) is 0 Å². The van der Waals surface area contributed by atoms with Crippen LogP contribution in [-0.4, -0.2) is 36.6 Å². The molecule has 16 heavy (non-hydrogen) atoms. The highest BCUT2D eigenvalue weighted by Crippen LogP contribution is 2.07. The molecule has 88 valence electrons. The van der Waals surface area contributed by atoms with Gasteiger partial charge in [-0.15, -0.1) is 0 Å². The summed E-state index contributed by atoms with van der Waals surface area (Å²) in [6, 6.07) is 9.81. The topological polar surface area (TPSA) is 38.5 Å². The largest absolute Gasteiger partial charge is 0.492 e. The Morgan fingerprint density at radius 1 is 1.31 bits per heavy atom. The van der Waals surface area contributed by atoms with Crippen LogP contribution in [0.15, 0.2) is 30.3 Å². The van der Waals surface area contributed by atoms with E-state index in [4.69, 9.17) is 22.7 Å². The molecule has 2 N–H and O–H groups in total. The fraction of sp³-hybridized carbons (Fsp3) is 0.417. The number of hydrogen-bond donors (Lipinski definition) is 1. The average Bonchev–Trinajstić information content (AvgIpc) is 2.28. The molecule has 0 aromatic heterocycles. The predicted molar refractivity (Wildman–Crippen MR) is 70.8 cm³/mol. The van der Waals surface area contributed by atoms with Gasteiger partial charge in [-0.1, -0.05) is 30.4 Å². The first-order valence-corrected chi connectivity index (χ1v) is 5.74. The Morgan fingerprint density at radius 3 is 2.62 bits per heavy atom. The van der Waals surface area contributed by atoms with Gasteiger partial charge in [0.2, 0.25) is 0 Å². The second-order valence-corrected chi connectivity index (χ2v) is 4.21. The Hall–Kier alpha value is -1.13. The van der Waals surface area contributed by atoms with Gasteiger partial charge in [0.15, 0.2) is 0 Å². The van der Waals surface area contributed by atoms with Crippen molar-refractivity contribution in [1.29, 1.82) is 0 Å². The molecule has 4 heteroatoms. The molecule has 1 aromatic rings. The minimum atomic E-state index is 0.566. The molecule has 0 unspecified atom stereocenters. The number of para-hydroxylation sites is 1. The van der Waals surface area contributed by atoms with E-state index < -0.39 is 0 Å². The molecule has 0 amide bonds. The van der Waals surface area contributed by atoms with E-state index in [9.17, 15) is 0 Å². The lowest BCUT2D eigenvalue weighted by Crippen LogP contribution is -2.27. The molecule has 0 radical (unpaired) electrons. The summed E-state index contributed by atoms with van der Waals surface area (Å²) in [7, 11) is 2.03. The number of nitrogens with zero attached hydrogens (tertiary/aromatic N) is 1. The lowest BCUT2D eigenvalue weighted by Gasteiger charge is -2.16. The Morgan fingerprint density at radius 2 is 2.00 bits per heavy atom. The molecule has 1 rings (SSSR count). The van der Waals surface area contributed by atoms with Crippen molar-refractivity contribution in [1.82, 2.24) is 4.90 Å². The highest BCUT2D eigenvalue weighted by molar-refractivity contribution is 7.80. The van der Waals surface area contributed by atoms with Crippen molar-refractivity contribution in [3.8, 4) is 5.75 Å². The molecule has 0 aliphatic rings. The van der Waals surface area contributed by atoms with Gasteiger partial charge in [-0.25, -0.2) is 0 Å². The zero-order valence-electron chi connectivity index (χ0n) is 9.56. The fourth-order valence-corrected chi connectivity index (χ4v) is 1.34. The lowest BCUT2D eigenvalue weighted by atomic mass is 10.3. The maximum atomic E-state index is 5.58. The number of benzene rings is 1. The molecule has 0 aliphatic heterocycles. The molecular formula is C12H18N2OS. The van der Waals surface area contributed by atoms with Crippen LogP contribution in [0.3, 0.4) is 0 Å². The summed E-state index contributed by atoms with van der Waals surface area (Å²) >= 11 is 4.82. The molecule has 0 saturated heterocycles. The Bertz CT molecular complexity index is 316. The Kier molecular flexibility index (Phi) is 5.82. The first kappa shape index (κ1) is 12.9. The first-order chi connectivity index (χ1) is 7.68. The van der Waals surface area contributed by atoms with Crippen LogP contribution in [0.2, 0.25) is 0 Å². The summed E-state index contributed by atoms with van der Waals surface area (Å²) in [6.07, 6.45) is 0.761. The predicted octanol–water partition coefficient (Wildman–Crippen LogP) is 1.67. The highest BCUT2D eigenvalue weighted by atomic mass is 32.1. The molecule has 0 aliphatic carbocycles. The monoisotopic (exact) mass is 238 g/mol. The van der Waals surface area contributed by atoms with E-state index in [0.717, 1.165) is 25.3 Å². The van der Waals surface area contributed by atoms with E-state index >= 15 is 0 Å². The van der Waals surface area contributed by atoms with Crippen molar-refractivity contribution < 1.29 is 4.74 Å². The van der Waals surface area contributed by atoms with Crippen LogP contribution < -0.4 is 10.5 Å². The number of rotatable bonds is 7. The van der Waals surface area contributed by atoms with Gasteiger partial charge < -0.3 is 15.4 Å². The summed E-state index contributed by atoms with van der Waals surface area (Å²) in [5.74, 6) is 0.908. The van der Waals surface area contributed by atoms with Crippen LogP contribution in [0.5, 0.6) is 5.75 Å². The molecule has 0 saturated carbocycles. The minimum Gasteiger partial charge on any atom is -0.492 e. The fourth-order valence-electron chi connectivity index (χ4n) is 1.25. The molecule has 0 fully saturated rings. The van der Waals surface area contributed by atoms with Crippen LogP contribution in [0, 0.1) is 0 Å². The average molecular weight is 238 g/mol. The van der Waals surface area contributed by atoms with Gasteiger partial charge in [0.25, 0.3) is 0 Å². The summed E-state index contributed by atoms with van der Waals surface area (Å²) in [5.41, 5.74) is 5.43. The number of likely N-dealkylation sites (N-methyl/N-ethyl adjacent to an activating group) is 1. The molecule has 3 nitrogen and oxygen atoms in total. The van der Waals surface area contributed by atoms with Crippen molar-refractivity contribution in [3.05, 3.63) is 30.3 Å². The van der Waals surface area contributed by atoms with Crippen molar-refractivity contribution in [2.75, 3.05) is 26.7 Å². The Labute approximate surface area is 102 Å². The second-order valence-electron chi connectivity index (χ2n) is 3.68. The highest BCUT2D eigenvalue weighted by Gasteiger charge is 1.99. The third-order valence-electron chi connectivity index (χ3n) is 2.22. The van der Waals surface area contributed by atoms with E-state index in [1.807, 2.05) is 37.4 Å². The maximum absolute atomic E-state index is 5.58. The van der Waals surface area contributed by atoms with Crippen molar-refractivity contribution >= 4 is 17.2 Å². The zero-order valence-corrected chi connectivity index (χ0v) is 10.4. The lowest BCUT2D eigenvalue weighted by molar-refractivity contribution is 0.241. The van der Waals surface area contributed by atoms with Gasteiger partial charge in [-0.05, 0) is 19.2 Å².